The van der Waals surface area contributed by atoms with E-state index in [-0.39, 0.29) is 0 Å². The van der Waals surface area contributed by atoms with Crippen LogP contribution in [0.3, 0.4) is 0 Å². The van der Waals surface area contributed by atoms with E-state index in [1.807, 2.05) is 0 Å². The Bertz CT molecular complexity index is 1730. The lowest BCUT2D eigenvalue weighted by Crippen LogP contribution is -2.44. The number of hydrogen-bond acceptors (Lipinski definition) is 30. The zero-order valence-electron chi connectivity index (χ0n) is 78.3. The molecule has 0 spiro atoms. The molecule has 0 fully saturated rings. The van der Waals surface area contributed by atoms with Crippen molar-refractivity contribution >= 4 is 0 Å². The summed E-state index contributed by atoms with van der Waals surface area (Å²) in [6.07, 6.45) is 22.8. The molecule has 0 aromatic heterocycles. The normalized spacial score (nSPS) is 11.2. The van der Waals surface area contributed by atoms with Crippen LogP contribution < -0.4 is 91.7 Å². The fourth-order valence-electron chi connectivity index (χ4n) is 13.9. The maximum atomic E-state index is 6.35. The van der Waals surface area contributed by atoms with E-state index in [1.54, 1.807) is 0 Å². The smallest absolute Gasteiger partial charge is 0.0506 e. The summed E-state index contributed by atoms with van der Waals surface area (Å²) < 4.78 is 0. The van der Waals surface area contributed by atoms with Crippen molar-refractivity contribution in [2.75, 3.05) is 335 Å². The van der Waals surface area contributed by atoms with Crippen molar-refractivity contribution < 1.29 is 0 Å². The van der Waals surface area contributed by atoms with Crippen molar-refractivity contribution in [3.63, 3.8) is 0 Å². The zero-order valence-corrected chi connectivity index (χ0v) is 78.3. The van der Waals surface area contributed by atoms with Crippen molar-refractivity contribution in [1.29, 1.82) is 0 Å². The van der Waals surface area contributed by atoms with Gasteiger partial charge in [-0.25, -0.2) is 0 Å². The van der Waals surface area contributed by atoms with Crippen molar-refractivity contribution in [3.8, 4) is 0 Å². The molecular weight excluding hydrogens is 1480 g/mol. The van der Waals surface area contributed by atoms with Gasteiger partial charge >= 0.3 is 0 Å². The van der Waals surface area contributed by atoms with Gasteiger partial charge in [-0.05, 0) is 318 Å². The summed E-state index contributed by atoms with van der Waals surface area (Å²) in [5, 5.41) is 0. The molecule has 0 amide bonds. The average molecular weight is 1690 g/mol. The van der Waals surface area contributed by atoms with E-state index in [0.29, 0.717) is 98.8 Å². The molecule has 0 aromatic rings. The Morgan fingerprint density at radius 3 is 0.347 bits per heavy atom. The molecule has 30 nitrogen and oxygen atoms in total. The molecule has 0 saturated carbocycles. The van der Waals surface area contributed by atoms with Gasteiger partial charge in [0.25, 0.3) is 0 Å². The minimum atomic E-state index is 0.549. The zero-order chi connectivity index (χ0) is 91.0. The highest BCUT2D eigenvalue weighted by atomic mass is 15.3. The monoisotopic (exact) mass is 1690 g/mol. The van der Waals surface area contributed by atoms with Gasteiger partial charge in [-0.2, -0.15) is 0 Å². The SMILES string of the molecule is C=C.C=C.C=C.C=C.C=C.C=C.C=C.CCCN(CN)CCCN(CCCN(CN)CCCN)CN(CCCN(CCCN(CN)CCCN)CCCN(CCCN)CCCN)CCCN(CCCN(CCCN(CN)CCCN)CCCN(CCCN)CCCN)CCCN(CCCN(CN)CCCN)CN(CCCN)CCCN.CN. The molecule has 118 heavy (non-hydrogen) atoms. The molecule has 0 saturated heterocycles. The fourth-order valence-corrected chi connectivity index (χ4v) is 13.9. The van der Waals surface area contributed by atoms with Gasteiger partial charge in [-0.1, -0.05) is 6.92 Å². The Morgan fingerprint density at radius 2 is 0.229 bits per heavy atom. The minimum Gasteiger partial charge on any atom is -0.333 e. The largest absolute Gasteiger partial charge is 0.333 e. The van der Waals surface area contributed by atoms with Crippen LogP contribution in [-0.2, 0) is 0 Å². The molecule has 0 radical (unpaired) electrons. The second kappa shape index (κ2) is 118. The molecule has 0 atom stereocenters. The van der Waals surface area contributed by atoms with Crippen LogP contribution in [0.2, 0.25) is 0 Å². The van der Waals surface area contributed by atoms with Crippen molar-refractivity contribution in [3.05, 3.63) is 92.1 Å². The molecule has 0 rings (SSSR count). The lowest BCUT2D eigenvalue weighted by atomic mass is 10.2. The highest BCUT2D eigenvalue weighted by Crippen LogP contribution is 2.12. The van der Waals surface area contributed by atoms with E-state index in [0.717, 1.165) is 371 Å². The molecule has 0 heterocycles. The van der Waals surface area contributed by atoms with Crippen molar-refractivity contribution in [2.45, 2.75) is 148 Å². The minimum absolute atomic E-state index is 0.549. The topological polar surface area (TPSA) is 462 Å². The number of nitrogens with two attached hydrogens (primary N) is 16. The lowest BCUT2D eigenvalue weighted by Gasteiger charge is -2.34. The van der Waals surface area contributed by atoms with E-state index < -0.39 is 0 Å². The summed E-state index contributed by atoms with van der Waals surface area (Å²) in [5.41, 5.74) is 96.4. The Kier molecular flexibility index (Phi) is 133. The van der Waals surface area contributed by atoms with E-state index in [4.69, 9.17) is 86.0 Å². The predicted octanol–water partition coefficient (Wildman–Crippen LogP) is 3.09. The van der Waals surface area contributed by atoms with E-state index in [2.05, 4.69) is 173 Å². The maximum absolute atomic E-state index is 6.35. The number of rotatable bonds is 85. The summed E-state index contributed by atoms with van der Waals surface area (Å²) in [5.74, 6) is 0. The quantitative estimate of drug-likeness (QED) is 0.0307. The lowest BCUT2D eigenvalue weighted by molar-refractivity contribution is 0.105. The first-order valence-corrected chi connectivity index (χ1v) is 45.7. The Hall–Kier alpha value is -3.02. The van der Waals surface area contributed by atoms with Crippen LogP contribution in [0.25, 0.3) is 0 Å². The van der Waals surface area contributed by atoms with Gasteiger partial charge < -0.3 is 116 Å². The molecule has 32 N–H and O–H groups in total. The molecule has 0 aliphatic heterocycles. The average Bonchev–Trinajstić information content (AvgIpc) is 0.922. The summed E-state index contributed by atoms with van der Waals surface area (Å²) >= 11 is 0. The summed E-state index contributed by atoms with van der Waals surface area (Å²) in [6.45, 7) is 89.2. The third kappa shape index (κ3) is 92.2. The number of hydrogen-bond donors (Lipinski definition) is 16. The fraction of sp³-hybridized carbons (Fsp3) is 0.841. The molecular formula is C88H210N30. The van der Waals surface area contributed by atoms with Gasteiger partial charge in [0.05, 0.1) is 13.3 Å². The van der Waals surface area contributed by atoms with Gasteiger partial charge in [0.1, 0.15) is 0 Å². The van der Waals surface area contributed by atoms with Crippen LogP contribution in [0.15, 0.2) is 92.1 Å². The molecule has 712 valence electrons. The first kappa shape index (κ1) is 133. The van der Waals surface area contributed by atoms with Crippen LogP contribution in [0.4, 0.5) is 0 Å². The van der Waals surface area contributed by atoms with Gasteiger partial charge in [0, 0.05) is 145 Å². The molecule has 30 heteroatoms. The maximum Gasteiger partial charge on any atom is 0.0506 e. The third-order valence-electron chi connectivity index (χ3n) is 19.9. The first-order chi connectivity index (χ1) is 58.0. The molecule has 0 aromatic carbocycles. The summed E-state index contributed by atoms with van der Waals surface area (Å²) in [4.78, 5) is 36.1. The van der Waals surface area contributed by atoms with E-state index in [1.165, 1.54) is 7.05 Å². The van der Waals surface area contributed by atoms with Gasteiger partial charge in [0.15, 0.2) is 0 Å². The Labute approximate surface area is 732 Å². The van der Waals surface area contributed by atoms with E-state index in [9.17, 15) is 0 Å². The van der Waals surface area contributed by atoms with E-state index >= 15 is 0 Å². The molecule has 0 bridgehead atoms. The molecule has 0 unspecified atom stereocenters. The third-order valence-corrected chi connectivity index (χ3v) is 19.9. The van der Waals surface area contributed by atoms with Crippen LogP contribution >= 0.6 is 0 Å². The standard InChI is InChI=1S/C73H177N29.7C2H4.CH5N/c1-2-34-94(67-84)56-21-64-102(66-23-60-98(71-88)42-10-31-81)73-100(61-18-53-92(52-17-58-96(69-86)40-8-29-79)48-14-46-90(37-5-26-76)38-6-27-77)62-19-54-93(55-20-63-101(65-22-59-97(70-87)41-9-30-80)72-99(43-11-32-82)44-12-33-83)50-15-49-91(51-16-57-95(68-85)39-7-28-78)47-13-45-89(35-3-24-74)36-4-25-75;8*1-2/h2-88H2,1H3;7*1-2H2;2H2,1H3. The van der Waals surface area contributed by atoms with Crippen LogP contribution in [0, 0.1) is 0 Å². The van der Waals surface area contributed by atoms with Gasteiger partial charge in [-0.15, -0.1) is 92.1 Å². The van der Waals surface area contributed by atoms with Crippen molar-refractivity contribution in [1.82, 2.24) is 68.6 Å². The van der Waals surface area contributed by atoms with Crippen LogP contribution in [-0.4, -0.2) is 404 Å². The Balaban J connectivity index is -0.000000994. The van der Waals surface area contributed by atoms with Crippen LogP contribution in [0.5, 0.6) is 0 Å². The Morgan fingerprint density at radius 1 is 0.136 bits per heavy atom. The predicted molar refractivity (Wildman–Crippen MR) is 528 cm³/mol. The second-order valence-corrected chi connectivity index (χ2v) is 28.8. The summed E-state index contributed by atoms with van der Waals surface area (Å²) in [6, 6.07) is 0. The van der Waals surface area contributed by atoms with Crippen LogP contribution in [0.1, 0.15) is 148 Å². The summed E-state index contributed by atoms with van der Waals surface area (Å²) in [7, 11) is 1.50. The molecule has 0 aliphatic carbocycles. The van der Waals surface area contributed by atoms with Gasteiger partial charge in [-0.3, -0.25) is 44.1 Å². The number of nitrogens with zero attached hydrogens (tertiary/aromatic N) is 14. The van der Waals surface area contributed by atoms with Gasteiger partial charge in [0.2, 0.25) is 0 Å². The highest BCUT2D eigenvalue weighted by molar-refractivity contribution is 4.75. The second-order valence-electron chi connectivity index (χ2n) is 28.8. The van der Waals surface area contributed by atoms with Crippen molar-refractivity contribution in [2.24, 2.45) is 91.7 Å². The molecule has 0 aliphatic rings. The first-order valence-electron chi connectivity index (χ1n) is 45.7. The highest BCUT2D eigenvalue weighted by Gasteiger charge is 2.20.